The van der Waals surface area contributed by atoms with E-state index in [1.54, 1.807) is 18.2 Å². The first-order valence-corrected chi connectivity index (χ1v) is 24.4. The molecule has 4 rings (SSSR count). The van der Waals surface area contributed by atoms with Crippen molar-refractivity contribution in [3.63, 3.8) is 0 Å². The lowest BCUT2D eigenvalue weighted by molar-refractivity contribution is 0.0815. The Morgan fingerprint density at radius 2 is 1.11 bits per heavy atom. The van der Waals surface area contributed by atoms with E-state index in [0.717, 1.165) is 18.8 Å². The predicted molar refractivity (Wildman–Crippen MR) is 227 cm³/mol. The highest BCUT2D eigenvalue weighted by Gasteiger charge is 2.24. The largest absolute Gasteiger partial charge is 0.474 e. The van der Waals surface area contributed by atoms with Gasteiger partial charge in [-0.3, -0.25) is 14.2 Å². The molecule has 0 radical (unpaired) electrons. The molecule has 5 N–H and O–H groups in total. The minimum Gasteiger partial charge on any atom is -0.474 e. The Labute approximate surface area is 358 Å². The number of ether oxygens (including phenoxy) is 4. The van der Waals surface area contributed by atoms with Crippen molar-refractivity contribution in [3.8, 4) is 17.6 Å². The van der Waals surface area contributed by atoms with E-state index in [2.05, 4.69) is 76.9 Å². The molecule has 3 unspecified atom stereocenters. The second-order valence-electron chi connectivity index (χ2n) is 12.7. The number of rotatable bonds is 19. The summed E-state index contributed by atoms with van der Waals surface area (Å²) in [4.78, 5) is 15.7. The zero-order valence-electron chi connectivity index (χ0n) is 32.0. The Kier molecular flexibility index (Phi) is 20.6. The number of anilines is 3. The maximum Gasteiger partial charge on any atom is 0.238 e. The molecule has 3 atom stereocenters. The number of aromatic nitrogens is 3. The summed E-state index contributed by atoms with van der Waals surface area (Å²) >= 11 is 9.65. The number of pyridine rings is 3. The van der Waals surface area contributed by atoms with Crippen LogP contribution in [0.4, 0.5) is 17.1 Å². The van der Waals surface area contributed by atoms with E-state index in [1.165, 1.54) is 18.6 Å². The van der Waals surface area contributed by atoms with Crippen LogP contribution in [0.1, 0.15) is 0 Å². The SMILES string of the molecule is CN(C)C(CO)COc1ncc(Br)cc1NS(C)(=O)=O.CN(C)CC(O)COc1ncc(Br)cc1NS(C)(=O)=O.CS(=O)(=O)Nc1cc(Br)cnc1OCC1CO1. The average molecular weight is 1060 g/mol. The highest BCUT2D eigenvalue weighted by Crippen LogP contribution is 2.29. The second-order valence-corrected chi connectivity index (χ2v) is 20.7. The molecule has 4 heterocycles. The van der Waals surface area contributed by atoms with Crippen molar-refractivity contribution in [2.24, 2.45) is 0 Å². The molecule has 3 aromatic rings. The molecule has 0 amide bonds. The minimum atomic E-state index is -3.44. The maximum atomic E-state index is 11.3. The topological polar surface area (TPSA) is 264 Å². The average Bonchev–Trinajstić information content (AvgIpc) is 3.88. The molecule has 3 aromatic heterocycles. The highest BCUT2D eigenvalue weighted by molar-refractivity contribution is 9.11. The summed E-state index contributed by atoms with van der Waals surface area (Å²) < 4.78 is 97.7. The van der Waals surface area contributed by atoms with Gasteiger partial charge in [-0.05, 0) is 94.2 Å². The van der Waals surface area contributed by atoms with Gasteiger partial charge in [0.25, 0.3) is 0 Å². The first kappa shape index (κ1) is 50.5. The van der Waals surface area contributed by atoms with Crippen molar-refractivity contribution in [2.75, 3.05) is 101 Å². The monoisotopic (exact) mass is 1060 g/mol. The summed E-state index contributed by atoms with van der Waals surface area (Å²) in [6.45, 7) is 1.62. The van der Waals surface area contributed by atoms with Crippen LogP contribution in [-0.4, -0.2) is 165 Å². The molecule has 57 heavy (non-hydrogen) atoms. The lowest BCUT2D eigenvalue weighted by Gasteiger charge is -2.22. The van der Waals surface area contributed by atoms with Crippen LogP contribution in [0.3, 0.4) is 0 Å². The van der Waals surface area contributed by atoms with Crippen LogP contribution in [0.5, 0.6) is 17.6 Å². The smallest absolute Gasteiger partial charge is 0.238 e. The van der Waals surface area contributed by atoms with Gasteiger partial charge in [0.15, 0.2) is 0 Å². The van der Waals surface area contributed by atoms with E-state index in [1.807, 2.05) is 38.0 Å². The number of nitrogens with zero attached hydrogens (tertiary/aromatic N) is 5. The van der Waals surface area contributed by atoms with Crippen molar-refractivity contribution in [3.05, 3.63) is 50.2 Å². The van der Waals surface area contributed by atoms with Gasteiger partial charge in [0.1, 0.15) is 49.1 Å². The van der Waals surface area contributed by atoms with Crippen molar-refractivity contribution in [1.29, 1.82) is 0 Å². The molecular weight excluding hydrogens is 1010 g/mol. The first-order chi connectivity index (χ1) is 26.3. The molecule has 20 nitrogen and oxygen atoms in total. The molecule has 322 valence electrons. The minimum absolute atomic E-state index is 0.0191. The lowest BCUT2D eigenvalue weighted by atomic mass is 10.3. The lowest BCUT2D eigenvalue weighted by Crippen LogP contribution is -2.36. The van der Waals surface area contributed by atoms with E-state index in [9.17, 15) is 35.5 Å². The van der Waals surface area contributed by atoms with Gasteiger partial charge in [-0.15, -0.1) is 0 Å². The molecule has 26 heteroatoms. The van der Waals surface area contributed by atoms with E-state index in [4.69, 9.17) is 18.9 Å². The van der Waals surface area contributed by atoms with Gasteiger partial charge in [-0.2, -0.15) is 0 Å². The van der Waals surface area contributed by atoms with Gasteiger partial charge in [0.2, 0.25) is 47.7 Å². The third-order valence-corrected chi connectivity index (χ3v) is 9.56. The van der Waals surface area contributed by atoms with Crippen LogP contribution in [-0.2, 0) is 34.8 Å². The Bertz CT molecular complexity index is 2080. The normalized spacial score (nSPS) is 14.9. The summed E-state index contributed by atoms with van der Waals surface area (Å²) in [6.07, 6.45) is 7.09. The molecule has 0 bridgehead atoms. The third kappa shape index (κ3) is 22.3. The predicted octanol–water partition coefficient (Wildman–Crippen LogP) is 2.03. The quantitative estimate of drug-likeness (QED) is 0.108. The number of aliphatic hydroxyl groups is 2. The third-order valence-electron chi connectivity index (χ3n) is 6.49. The number of hydrogen-bond acceptors (Lipinski definition) is 17. The summed E-state index contributed by atoms with van der Waals surface area (Å²) in [6, 6.07) is 4.50. The number of nitrogens with one attached hydrogen (secondary N) is 3. The fourth-order valence-corrected chi connectivity index (χ4v) is 6.60. The zero-order chi connectivity index (χ0) is 43.1. The number of sulfonamides is 3. The molecule has 0 aromatic carbocycles. The van der Waals surface area contributed by atoms with Gasteiger partial charge in [0, 0.05) is 38.6 Å². The molecule has 0 saturated carbocycles. The van der Waals surface area contributed by atoms with E-state index in [-0.39, 0.29) is 61.0 Å². The van der Waals surface area contributed by atoms with Crippen LogP contribution in [0.15, 0.2) is 50.2 Å². The number of halogens is 3. The fraction of sp³-hybridized carbons (Fsp3) is 0.516. The van der Waals surface area contributed by atoms with Crippen molar-refractivity contribution in [1.82, 2.24) is 24.8 Å². The van der Waals surface area contributed by atoms with Crippen molar-refractivity contribution >= 4 is 94.9 Å². The molecule has 0 spiro atoms. The molecule has 1 fully saturated rings. The van der Waals surface area contributed by atoms with Gasteiger partial charge in [-0.25, -0.2) is 40.2 Å². The number of hydrogen-bond donors (Lipinski definition) is 5. The summed E-state index contributed by atoms with van der Waals surface area (Å²) in [7, 11) is -2.93. The summed E-state index contributed by atoms with van der Waals surface area (Å²) in [5.74, 6) is 0.532. The molecule has 1 aliphatic rings. The van der Waals surface area contributed by atoms with E-state index < -0.39 is 36.2 Å². The van der Waals surface area contributed by atoms with Crippen LogP contribution < -0.4 is 28.4 Å². The molecule has 0 aliphatic carbocycles. The molecule has 1 aliphatic heterocycles. The van der Waals surface area contributed by atoms with Crippen molar-refractivity contribution in [2.45, 2.75) is 18.2 Å². The van der Waals surface area contributed by atoms with Gasteiger partial charge in [0.05, 0.1) is 38.0 Å². The van der Waals surface area contributed by atoms with Crippen LogP contribution in [0.25, 0.3) is 0 Å². The number of epoxide rings is 1. The fourth-order valence-electron chi connectivity index (χ4n) is 3.97. The number of likely N-dealkylation sites (N-methyl/N-ethyl adjacent to an activating group) is 2. The maximum absolute atomic E-state index is 11.3. The first-order valence-electron chi connectivity index (χ1n) is 16.3. The molecular formula is C31H47Br3N8O12S3. The second kappa shape index (κ2) is 23.2. The Morgan fingerprint density at radius 1 is 0.737 bits per heavy atom. The van der Waals surface area contributed by atoms with Gasteiger partial charge < -0.3 is 39.0 Å². The van der Waals surface area contributed by atoms with Crippen LogP contribution >= 0.6 is 47.8 Å². The van der Waals surface area contributed by atoms with E-state index in [0.29, 0.717) is 38.9 Å². The highest BCUT2D eigenvalue weighted by atomic mass is 79.9. The Morgan fingerprint density at radius 3 is 1.42 bits per heavy atom. The standard InChI is InChI=1S/2C11H18BrN3O4S.C9H11BrN2O4S/c1-15(2)9(6-16)7-19-11-10(14-20(3,17)18)4-8(12)5-13-11;1-15(2)6-9(16)7-19-11-10(14-20(3,17)18)4-8(12)5-13-11;1-17(13,14)12-8-2-6(10)3-11-9(8)16-5-7-4-15-7/h2*4-5,9,14,16H,6-7H2,1-3H3;2-3,7,12H,4-5H2,1H3. The van der Waals surface area contributed by atoms with E-state index >= 15 is 0 Å². The number of aliphatic hydroxyl groups excluding tert-OH is 2. The van der Waals surface area contributed by atoms with Crippen LogP contribution in [0.2, 0.25) is 0 Å². The van der Waals surface area contributed by atoms with Crippen LogP contribution in [0, 0.1) is 0 Å². The summed E-state index contributed by atoms with van der Waals surface area (Å²) in [5.41, 5.74) is 0.777. The van der Waals surface area contributed by atoms with Gasteiger partial charge >= 0.3 is 0 Å². The summed E-state index contributed by atoms with van der Waals surface area (Å²) in [5, 5.41) is 18.9. The Balaban J connectivity index is 0.000000296. The zero-order valence-corrected chi connectivity index (χ0v) is 39.2. The van der Waals surface area contributed by atoms with Crippen molar-refractivity contribution < 1.29 is 54.4 Å². The Hall–Kier alpha value is -2.66. The molecule has 1 saturated heterocycles. The van der Waals surface area contributed by atoms with Gasteiger partial charge in [-0.1, -0.05) is 0 Å².